The van der Waals surface area contributed by atoms with Gasteiger partial charge in [0.05, 0.1) is 11.9 Å². The molecule has 20 heavy (non-hydrogen) atoms. The lowest BCUT2D eigenvalue weighted by molar-refractivity contribution is -0.121. The molecule has 0 atom stereocenters. The molecule has 2 rings (SSSR count). The molecule has 0 saturated heterocycles. The van der Waals surface area contributed by atoms with Crippen LogP contribution in [0.4, 0.5) is 5.69 Å². The number of amides is 1. The van der Waals surface area contributed by atoms with E-state index in [4.69, 9.17) is 0 Å². The minimum absolute atomic E-state index is 0.0536. The van der Waals surface area contributed by atoms with Crippen molar-refractivity contribution < 1.29 is 4.79 Å². The lowest BCUT2D eigenvalue weighted by Crippen LogP contribution is -2.49. The number of nitrogens with zero attached hydrogens (tertiary/aromatic N) is 2. The molecule has 0 fully saturated rings. The van der Waals surface area contributed by atoms with Crippen LogP contribution >= 0.6 is 0 Å². The Morgan fingerprint density at radius 1 is 1.40 bits per heavy atom. The van der Waals surface area contributed by atoms with Crippen LogP contribution in [0.1, 0.15) is 20.8 Å². The molecule has 1 heterocycles. The molecule has 0 spiro atoms. The molecule has 1 aromatic carbocycles. The van der Waals surface area contributed by atoms with Crippen LogP contribution in [-0.2, 0) is 4.79 Å². The lowest BCUT2D eigenvalue weighted by Gasteiger charge is -2.24. The first kappa shape index (κ1) is 14.3. The van der Waals surface area contributed by atoms with E-state index >= 15 is 0 Å². The molecule has 2 N–H and O–H groups in total. The van der Waals surface area contributed by atoms with Crippen molar-refractivity contribution >= 4 is 11.6 Å². The number of hydrogen-bond donors (Lipinski definition) is 2. The summed E-state index contributed by atoms with van der Waals surface area (Å²) < 4.78 is 1.89. The SMILES string of the molecule is CCNC(C)(C)C(=O)Nc1cccc(-n2ccnc2)c1. The number of carbonyl (C=O) groups is 1. The van der Waals surface area contributed by atoms with Crippen molar-refractivity contribution in [2.24, 2.45) is 0 Å². The van der Waals surface area contributed by atoms with Gasteiger partial charge in [-0.05, 0) is 38.6 Å². The zero-order valence-electron chi connectivity index (χ0n) is 12.1. The van der Waals surface area contributed by atoms with Gasteiger partial charge in [-0.3, -0.25) is 4.79 Å². The first-order valence-electron chi connectivity index (χ1n) is 6.68. The average Bonchev–Trinajstić information content (AvgIpc) is 2.93. The van der Waals surface area contributed by atoms with Gasteiger partial charge in [-0.25, -0.2) is 4.98 Å². The van der Waals surface area contributed by atoms with Crippen LogP contribution in [0.25, 0.3) is 5.69 Å². The van der Waals surface area contributed by atoms with E-state index in [0.717, 1.165) is 17.9 Å². The summed E-state index contributed by atoms with van der Waals surface area (Å²) in [6.45, 7) is 6.46. The van der Waals surface area contributed by atoms with Gasteiger partial charge in [-0.1, -0.05) is 13.0 Å². The molecule has 106 valence electrons. The zero-order chi connectivity index (χ0) is 14.6. The highest BCUT2D eigenvalue weighted by atomic mass is 16.2. The van der Waals surface area contributed by atoms with Gasteiger partial charge < -0.3 is 15.2 Å². The van der Waals surface area contributed by atoms with Crippen molar-refractivity contribution in [2.45, 2.75) is 26.3 Å². The Balaban J connectivity index is 2.14. The Hall–Kier alpha value is -2.14. The number of anilines is 1. The van der Waals surface area contributed by atoms with Crippen molar-refractivity contribution in [3.05, 3.63) is 43.0 Å². The predicted molar refractivity (Wildman–Crippen MR) is 79.9 cm³/mol. The Morgan fingerprint density at radius 3 is 2.85 bits per heavy atom. The van der Waals surface area contributed by atoms with Crippen molar-refractivity contribution in [3.8, 4) is 5.69 Å². The van der Waals surface area contributed by atoms with Crippen LogP contribution in [0.2, 0.25) is 0 Å². The molecule has 5 nitrogen and oxygen atoms in total. The number of likely N-dealkylation sites (N-methyl/N-ethyl adjacent to an activating group) is 1. The first-order chi connectivity index (χ1) is 9.53. The fourth-order valence-electron chi connectivity index (χ4n) is 1.97. The Labute approximate surface area is 119 Å². The van der Waals surface area contributed by atoms with Gasteiger partial charge in [0, 0.05) is 23.8 Å². The Bertz CT molecular complexity index is 575. The average molecular weight is 272 g/mol. The van der Waals surface area contributed by atoms with Gasteiger partial charge in [0.1, 0.15) is 0 Å². The predicted octanol–water partition coefficient (Wildman–Crippen LogP) is 2.20. The topological polar surface area (TPSA) is 59.0 Å². The summed E-state index contributed by atoms with van der Waals surface area (Å²) in [6, 6.07) is 7.67. The van der Waals surface area contributed by atoms with Gasteiger partial charge in [0.25, 0.3) is 0 Å². The van der Waals surface area contributed by atoms with Crippen molar-refractivity contribution in [2.75, 3.05) is 11.9 Å². The highest BCUT2D eigenvalue weighted by molar-refractivity contribution is 5.97. The molecule has 0 radical (unpaired) electrons. The largest absolute Gasteiger partial charge is 0.324 e. The van der Waals surface area contributed by atoms with Crippen LogP contribution in [0, 0.1) is 0 Å². The van der Waals surface area contributed by atoms with Gasteiger partial charge in [-0.2, -0.15) is 0 Å². The number of imidazole rings is 1. The van der Waals surface area contributed by atoms with Crippen LogP contribution in [-0.4, -0.2) is 27.5 Å². The zero-order valence-corrected chi connectivity index (χ0v) is 12.1. The minimum atomic E-state index is -0.597. The summed E-state index contributed by atoms with van der Waals surface area (Å²) in [7, 11) is 0. The molecule has 0 aliphatic rings. The normalized spacial score (nSPS) is 11.3. The molecule has 1 aromatic heterocycles. The number of benzene rings is 1. The highest BCUT2D eigenvalue weighted by Gasteiger charge is 2.26. The number of hydrogen-bond acceptors (Lipinski definition) is 3. The third-order valence-corrected chi connectivity index (χ3v) is 3.09. The first-order valence-corrected chi connectivity index (χ1v) is 6.68. The Morgan fingerprint density at radius 2 is 2.20 bits per heavy atom. The van der Waals surface area contributed by atoms with E-state index in [9.17, 15) is 4.79 Å². The fraction of sp³-hybridized carbons (Fsp3) is 0.333. The molecule has 0 aliphatic heterocycles. The monoisotopic (exact) mass is 272 g/mol. The molecular formula is C15H20N4O. The summed E-state index contributed by atoms with van der Waals surface area (Å²) >= 11 is 0. The maximum absolute atomic E-state index is 12.2. The standard InChI is InChI=1S/C15H20N4O/c1-4-17-15(2,3)14(20)18-12-6-5-7-13(10-12)19-9-8-16-11-19/h5-11,17H,4H2,1-3H3,(H,18,20). The third kappa shape index (κ3) is 3.24. The van der Waals surface area contributed by atoms with Gasteiger partial charge in [0.15, 0.2) is 0 Å². The van der Waals surface area contributed by atoms with Crippen LogP contribution in [0.5, 0.6) is 0 Å². The van der Waals surface area contributed by atoms with E-state index in [1.54, 1.807) is 12.5 Å². The van der Waals surface area contributed by atoms with Gasteiger partial charge in [-0.15, -0.1) is 0 Å². The summed E-state index contributed by atoms with van der Waals surface area (Å²) in [5, 5.41) is 6.09. The smallest absolute Gasteiger partial charge is 0.244 e. The summed E-state index contributed by atoms with van der Waals surface area (Å²) in [5.41, 5.74) is 1.13. The summed E-state index contributed by atoms with van der Waals surface area (Å²) in [4.78, 5) is 16.2. The summed E-state index contributed by atoms with van der Waals surface area (Å²) in [6.07, 6.45) is 5.31. The maximum atomic E-state index is 12.2. The van der Waals surface area contributed by atoms with Gasteiger partial charge in [0.2, 0.25) is 5.91 Å². The quantitative estimate of drug-likeness (QED) is 0.877. The number of nitrogens with one attached hydrogen (secondary N) is 2. The second-order valence-corrected chi connectivity index (χ2v) is 5.13. The maximum Gasteiger partial charge on any atom is 0.244 e. The molecule has 1 amide bonds. The summed E-state index contributed by atoms with van der Waals surface area (Å²) in [5.74, 6) is -0.0536. The van der Waals surface area contributed by atoms with Crippen LogP contribution in [0.3, 0.4) is 0 Å². The van der Waals surface area contributed by atoms with E-state index in [1.807, 2.05) is 55.8 Å². The van der Waals surface area contributed by atoms with Crippen LogP contribution < -0.4 is 10.6 Å². The second kappa shape index (κ2) is 5.88. The van der Waals surface area contributed by atoms with Gasteiger partial charge >= 0.3 is 0 Å². The highest BCUT2D eigenvalue weighted by Crippen LogP contribution is 2.16. The number of carbonyl (C=O) groups excluding carboxylic acids is 1. The van der Waals surface area contributed by atoms with Crippen LogP contribution in [0.15, 0.2) is 43.0 Å². The molecule has 0 bridgehead atoms. The molecule has 2 aromatic rings. The molecular weight excluding hydrogens is 252 g/mol. The number of aromatic nitrogens is 2. The second-order valence-electron chi connectivity index (χ2n) is 5.13. The third-order valence-electron chi connectivity index (χ3n) is 3.09. The molecule has 0 unspecified atom stereocenters. The van der Waals surface area contributed by atoms with E-state index in [1.165, 1.54) is 0 Å². The van der Waals surface area contributed by atoms with E-state index in [2.05, 4.69) is 15.6 Å². The van der Waals surface area contributed by atoms with Crippen molar-refractivity contribution in [3.63, 3.8) is 0 Å². The molecule has 0 aliphatic carbocycles. The van der Waals surface area contributed by atoms with E-state index < -0.39 is 5.54 Å². The minimum Gasteiger partial charge on any atom is -0.324 e. The molecule has 5 heteroatoms. The lowest BCUT2D eigenvalue weighted by atomic mass is 10.0. The fourth-order valence-corrected chi connectivity index (χ4v) is 1.97. The van der Waals surface area contributed by atoms with E-state index in [0.29, 0.717) is 0 Å². The Kier molecular flexibility index (Phi) is 4.20. The van der Waals surface area contributed by atoms with Crippen molar-refractivity contribution in [1.82, 2.24) is 14.9 Å². The van der Waals surface area contributed by atoms with Crippen molar-refractivity contribution in [1.29, 1.82) is 0 Å². The van der Waals surface area contributed by atoms with E-state index in [-0.39, 0.29) is 5.91 Å². The molecule has 0 saturated carbocycles. The number of rotatable bonds is 5.